The Morgan fingerprint density at radius 1 is 1.33 bits per heavy atom. The number of phenols is 2. The Bertz CT molecular complexity index is 412. The van der Waals surface area contributed by atoms with Gasteiger partial charge in [-0.25, -0.2) is 0 Å². The molecule has 1 heterocycles. The van der Waals surface area contributed by atoms with Crippen molar-refractivity contribution in [3.05, 3.63) is 23.8 Å². The maximum absolute atomic E-state index is 9.90. The fourth-order valence-corrected chi connectivity index (χ4v) is 2.83. The molecule has 0 aromatic heterocycles. The second-order valence-electron chi connectivity index (χ2n) is 5.47. The third-order valence-corrected chi connectivity index (χ3v) is 3.73. The minimum atomic E-state index is 0.0610. The zero-order chi connectivity index (χ0) is 13.3. The summed E-state index contributed by atoms with van der Waals surface area (Å²) in [7, 11) is 0. The molecule has 3 atom stereocenters. The molecule has 1 saturated heterocycles. The van der Waals surface area contributed by atoms with Crippen molar-refractivity contribution < 1.29 is 10.2 Å². The highest BCUT2D eigenvalue weighted by Gasteiger charge is 2.27. The summed E-state index contributed by atoms with van der Waals surface area (Å²) in [4.78, 5) is 2.27. The van der Waals surface area contributed by atoms with E-state index in [9.17, 15) is 10.2 Å². The number of likely N-dealkylation sites (tertiary alicyclic amines) is 1. The lowest BCUT2D eigenvalue weighted by Crippen LogP contribution is -2.47. The van der Waals surface area contributed by atoms with Crippen molar-refractivity contribution in [2.45, 2.75) is 32.4 Å². The van der Waals surface area contributed by atoms with Gasteiger partial charge in [-0.1, -0.05) is 6.92 Å². The van der Waals surface area contributed by atoms with E-state index in [1.165, 1.54) is 12.1 Å². The lowest BCUT2D eigenvalue weighted by molar-refractivity contribution is 0.122. The number of aromatic hydroxyl groups is 2. The van der Waals surface area contributed by atoms with Gasteiger partial charge in [-0.05, 0) is 37.5 Å². The number of piperidine rings is 1. The molecule has 1 fully saturated rings. The highest BCUT2D eigenvalue weighted by atomic mass is 16.3. The largest absolute Gasteiger partial charge is 0.508 e. The normalized spacial score (nSPS) is 27.1. The average Bonchev–Trinajstić information content (AvgIpc) is 2.30. The maximum Gasteiger partial charge on any atom is 0.120 e. The molecule has 0 spiro atoms. The molecule has 0 saturated carbocycles. The zero-order valence-electron chi connectivity index (χ0n) is 11.0. The van der Waals surface area contributed by atoms with Gasteiger partial charge < -0.3 is 15.9 Å². The standard InChI is InChI=1S/C14H22N2O2/c1-9-5-11(15)8-16(7-9)10(2)13-6-12(17)3-4-14(13)18/h3-4,6,9-11,17-18H,5,7-8,15H2,1-2H3. The predicted molar refractivity (Wildman–Crippen MR) is 71.5 cm³/mol. The van der Waals surface area contributed by atoms with Crippen molar-refractivity contribution in [2.24, 2.45) is 11.7 Å². The van der Waals surface area contributed by atoms with Gasteiger partial charge in [-0.3, -0.25) is 4.90 Å². The zero-order valence-corrected chi connectivity index (χ0v) is 11.0. The van der Waals surface area contributed by atoms with Crippen molar-refractivity contribution in [1.82, 2.24) is 4.90 Å². The summed E-state index contributed by atoms with van der Waals surface area (Å²) in [6.45, 7) is 6.05. The summed E-state index contributed by atoms with van der Waals surface area (Å²) in [6, 6.07) is 4.91. The Morgan fingerprint density at radius 3 is 2.72 bits per heavy atom. The van der Waals surface area contributed by atoms with Gasteiger partial charge in [-0.2, -0.15) is 0 Å². The minimum Gasteiger partial charge on any atom is -0.508 e. The molecular formula is C14H22N2O2. The highest BCUT2D eigenvalue weighted by molar-refractivity contribution is 5.40. The number of nitrogens with two attached hydrogens (primary N) is 1. The van der Waals surface area contributed by atoms with Crippen molar-refractivity contribution in [3.8, 4) is 11.5 Å². The van der Waals surface area contributed by atoms with E-state index >= 15 is 0 Å². The topological polar surface area (TPSA) is 69.7 Å². The molecule has 0 bridgehead atoms. The van der Waals surface area contributed by atoms with Crippen LogP contribution in [0.15, 0.2) is 18.2 Å². The van der Waals surface area contributed by atoms with Crippen LogP contribution >= 0.6 is 0 Å². The van der Waals surface area contributed by atoms with E-state index in [1.54, 1.807) is 6.07 Å². The van der Waals surface area contributed by atoms with Gasteiger partial charge in [0, 0.05) is 30.7 Å². The van der Waals surface area contributed by atoms with Crippen LogP contribution in [-0.4, -0.2) is 34.2 Å². The summed E-state index contributed by atoms with van der Waals surface area (Å²) >= 11 is 0. The second kappa shape index (κ2) is 5.16. The van der Waals surface area contributed by atoms with Crippen LogP contribution in [0.4, 0.5) is 0 Å². The van der Waals surface area contributed by atoms with E-state index in [4.69, 9.17) is 5.73 Å². The molecule has 4 heteroatoms. The SMILES string of the molecule is CC1CC(N)CN(C(C)c2cc(O)ccc2O)C1. The number of benzene rings is 1. The third-order valence-electron chi connectivity index (χ3n) is 3.73. The molecular weight excluding hydrogens is 228 g/mol. The lowest BCUT2D eigenvalue weighted by Gasteiger charge is -2.38. The monoisotopic (exact) mass is 250 g/mol. The predicted octanol–water partition coefficient (Wildman–Crippen LogP) is 1.83. The van der Waals surface area contributed by atoms with Crippen molar-refractivity contribution in [3.63, 3.8) is 0 Å². The molecule has 3 unspecified atom stereocenters. The molecule has 0 amide bonds. The Hall–Kier alpha value is -1.26. The number of hydrogen-bond donors (Lipinski definition) is 3. The quantitative estimate of drug-likeness (QED) is 0.700. The molecule has 100 valence electrons. The van der Waals surface area contributed by atoms with E-state index in [0.29, 0.717) is 5.92 Å². The molecule has 2 rings (SSSR count). The third kappa shape index (κ3) is 2.76. The van der Waals surface area contributed by atoms with Gasteiger partial charge in [0.15, 0.2) is 0 Å². The smallest absolute Gasteiger partial charge is 0.120 e. The summed E-state index contributed by atoms with van der Waals surface area (Å²) in [5.74, 6) is 0.978. The van der Waals surface area contributed by atoms with Gasteiger partial charge in [-0.15, -0.1) is 0 Å². The number of hydrogen-bond acceptors (Lipinski definition) is 4. The highest BCUT2D eigenvalue weighted by Crippen LogP contribution is 2.33. The van der Waals surface area contributed by atoms with E-state index in [0.717, 1.165) is 25.1 Å². The van der Waals surface area contributed by atoms with Crippen molar-refractivity contribution in [1.29, 1.82) is 0 Å². The first kappa shape index (κ1) is 13.2. The summed E-state index contributed by atoms with van der Waals surface area (Å²) in [5, 5.41) is 19.4. The Labute approximate surface area is 108 Å². The molecule has 4 nitrogen and oxygen atoms in total. The Morgan fingerprint density at radius 2 is 2.06 bits per heavy atom. The van der Waals surface area contributed by atoms with Crippen molar-refractivity contribution in [2.75, 3.05) is 13.1 Å². The first-order chi connectivity index (χ1) is 8.47. The van der Waals surface area contributed by atoms with Gasteiger partial charge in [0.25, 0.3) is 0 Å². The molecule has 1 aliphatic heterocycles. The van der Waals surface area contributed by atoms with E-state index in [1.807, 2.05) is 6.92 Å². The fourth-order valence-electron chi connectivity index (χ4n) is 2.83. The van der Waals surface area contributed by atoms with E-state index in [2.05, 4.69) is 11.8 Å². The Kier molecular flexibility index (Phi) is 3.78. The minimum absolute atomic E-state index is 0.0610. The van der Waals surface area contributed by atoms with Crippen LogP contribution in [0.1, 0.15) is 31.9 Å². The van der Waals surface area contributed by atoms with Crippen LogP contribution in [0.3, 0.4) is 0 Å². The van der Waals surface area contributed by atoms with E-state index in [-0.39, 0.29) is 23.6 Å². The van der Waals surface area contributed by atoms with Crippen LogP contribution in [0.25, 0.3) is 0 Å². The van der Waals surface area contributed by atoms with E-state index < -0.39 is 0 Å². The number of rotatable bonds is 2. The second-order valence-corrected chi connectivity index (χ2v) is 5.47. The first-order valence-corrected chi connectivity index (χ1v) is 6.49. The molecule has 1 aliphatic rings. The van der Waals surface area contributed by atoms with Crippen LogP contribution in [0, 0.1) is 5.92 Å². The molecule has 1 aromatic carbocycles. The molecule has 0 aliphatic carbocycles. The van der Waals surface area contributed by atoms with Gasteiger partial charge in [0.05, 0.1) is 0 Å². The first-order valence-electron chi connectivity index (χ1n) is 6.49. The summed E-state index contributed by atoms with van der Waals surface area (Å²) < 4.78 is 0. The molecule has 4 N–H and O–H groups in total. The van der Waals surface area contributed by atoms with Crippen LogP contribution in [0.5, 0.6) is 11.5 Å². The van der Waals surface area contributed by atoms with Gasteiger partial charge in [0.1, 0.15) is 11.5 Å². The average molecular weight is 250 g/mol. The fraction of sp³-hybridized carbons (Fsp3) is 0.571. The number of nitrogens with zero attached hydrogens (tertiary/aromatic N) is 1. The van der Waals surface area contributed by atoms with Crippen LogP contribution in [0.2, 0.25) is 0 Å². The van der Waals surface area contributed by atoms with Crippen LogP contribution < -0.4 is 5.73 Å². The van der Waals surface area contributed by atoms with Crippen molar-refractivity contribution >= 4 is 0 Å². The molecule has 0 radical (unpaired) electrons. The van der Waals surface area contributed by atoms with Gasteiger partial charge >= 0.3 is 0 Å². The van der Waals surface area contributed by atoms with Gasteiger partial charge in [0.2, 0.25) is 0 Å². The molecule has 1 aromatic rings. The summed E-state index contributed by atoms with van der Waals surface area (Å²) in [5.41, 5.74) is 6.81. The summed E-state index contributed by atoms with van der Waals surface area (Å²) in [6.07, 6.45) is 1.05. The number of phenolic OH excluding ortho intramolecular Hbond substituents is 2. The van der Waals surface area contributed by atoms with Crippen LogP contribution in [-0.2, 0) is 0 Å². The maximum atomic E-state index is 9.90. The Balaban J connectivity index is 2.19. The molecule has 18 heavy (non-hydrogen) atoms. The lowest BCUT2D eigenvalue weighted by atomic mass is 9.93.